The number of aliphatic hydroxyl groups is 1. The summed E-state index contributed by atoms with van der Waals surface area (Å²) in [5.41, 5.74) is 1.11. The Morgan fingerprint density at radius 2 is 1.69 bits per heavy atom. The van der Waals surface area contributed by atoms with Crippen molar-refractivity contribution in [2.75, 3.05) is 34.5 Å². The van der Waals surface area contributed by atoms with Crippen molar-refractivity contribution in [2.45, 2.75) is 6.04 Å². The van der Waals surface area contributed by atoms with Crippen molar-refractivity contribution in [1.29, 1.82) is 0 Å². The fourth-order valence-electron chi connectivity index (χ4n) is 3.36. The van der Waals surface area contributed by atoms with Gasteiger partial charge >= 0.3 is 0 Å². The number of amides is 1. The van der Waals surface area contributed by atoms with Crippen LogP contribution in [0.3, 0.4) is 0 Å². The molecule has 1 unspecified atom stereocenters. The number of carbonyl (C=O) groups is 2. The van der Waals surface area contributed by atoms with Crippen molar-refractivity contribution in [1.82, 2.24) is 4.90 Å². The largest absolute Gasteiger partial charge is 0.507 e. The quantitative estimate of drug-likeness (QED) is 0.439. The smallest absolute Gasteiger partial charge is 0.295 e. The van der Waals surface area contributed by atoms with E-state index in [0.29, 0.717) is 22.6 Å². The Bertz CT molecular complexity index is 935. The van der Waals surface area contributed by atoms with E-state index in [4.69, 9.17) is 14.2 Å². The predicted molar refractivity (Wildman–Crippen MR) is 107 cm³/mol. The zero-order chi connectivity index (χ0) is 21.0. The third-order valence-corrected chi connectivity index (χ3v) is 4.85. The van der Waals surface area contributed by atoms with E-state index in [9.17, 15) is 14.7 Å². The van der Waals surface area contributed by atoms with Gasteiger partial charge in [0.05, 0.1) is 32.4 Å². The van der Waals surface area contributed by atoms with E-state index in [1.807, 2.05) is 0 Å². The standard InChI is InChI=1S/C22H23NO6/c1-27-12-11-23-19(14-7-9-16(28-2)10-8-14)18(21(25)22(23)26)20(24)15-5-4-6-17(13-15)29-3/h4-10,13,19,24H,11-12H2,1-3H3/b20-18-. The molecule has 1 fully saturated rings. The summed E-state index contributed by atoms with van der Waals surface area (Å²) in [6, 6.07) is 13.0. The van der Waals surface area contributed by atoms with E-state index < -0.39 is 17.7 Å². The second-order valence-corrected chi connectivity index (χ2v) is 6.49. The first-order valence-corrected chi connectivity index (χ1v) is 9.07. The van der Waals surface area contributed by atoms with Gasteiger partial charge in [-0.1, -0.05) is 24.3 Å². The van der Waals surface area contributed by atoms with Crippen molar-refractivity contribution in [3.05, 3.63) is 65.2 Å². The molecule has 3 rings (SSSR count). The Hall–Kier alpha value is -3.32. The maximum Gasteiger partial charge on any atom is 0.295 e. The molecular weight excluding hydrogens is 374 g/mol. The molecule has 0 aliphatic carbocycles. The summed E-state index contributed by atoms with van der Waals surface area (Å²) in [5, 5.41) is 11.0. The molecule has 0 bridgehead atoms. The first-order valence-electron chi connectivity index (χ1n) is 9.07. The van der Waals surface area contributed by atoms with Gasteiger partial charge in [0.2, 0.25) is 0 Å². The van der Waals surface area contributed by atoms with Crippen LogP contribution in [0, 0.1) is 0 Å². The molecule has 1 N–H and O–H groups in total. The number of hydrogen-bond donors (Lipinski definition) is 1. The van der Waals surface area contributed by atoms with Gasteiger partial charge < -0.3 is 24.2 Å². The molecule has 2 aromatic carbocycles. The lowest BCUT2D eigenvalue weighted by Crippen LogP contribution is -2.32. The minimum Gasteiger partial charge on any atom is -0.507 e. The molecule has 0 radical (unpaired) electrons. The van der Waals surface area contributed by atoms with Crippen molar-refractivity contribution >= 4 is 17.4 Å². The molecule has 0 saturated carbocycles. The second kappa shape index (κ2) is 8.79. The van der Waals surface area contributed by atoms with Crippen LogP contribution in [0.25, 0.3) is 5.76 Å². The number of ketones is 1. The van der Waals surface area contributed by atoms with Crippen LogP contribution in [0.2, 0.25) is 0 Å². The lowest BCUT2D eigenvalue weighted by molar-refractivity contribution is -0.140. The fraction of sp³-hybridized carbons (Fsp3) is 0.273. The first-order chi connectivity index (χ1) is 14.0. The number of carbonyl (C=O) groups excluding carboxylic acids is 2. The molecular formula is C22H23NO6. The maximum atomic E-state index is 12.8. The molecule has 29 heavy (non-hydrogen) atoms. The van der Waals surface area contributed by atoms with Crippen LogP contribution < -0.4 is 9.47 Å². The van der Waals surface area contributed by atoms with Gasteiger partial charge in [0.1, 0.15) is 17.3 Å². The Labute approximate surface area is 169 Å². The van der Waals surface area contributed by atoms with E-state index in [0.717, 1.165) is 0 Å². The normalized spacial score (nSPS) is 18.2. The lowest BCUT2D eigenvalue weighted by atomic mass is 9.95. The molecule has 1 heterocycles. The second-order valence-electron chi connectivity index (χ2n) is 6.49. The third-order valence-electron chi connectivity index (χ3n) is 4.85. The van der Waals surface area contributed by atoms with Crippen LogP contribution in [0.4, 0.5) is 0 Å². The average Bonchev–Trinajstić information content (AvgIpc) is 3.02. The number of nitrogens with zero attached hydrogens (tertiary/aromatic N) is 1. The van der Waals surface area contributed by atoms with E-state index in [2.05, 4.69) is 0 Å². The molecule has 0 aromatic heterocycles. The minimum absolute atomic E-state index is 0.0320. The molecule has 7 nitrogen and oxygen atoms in total. The zero-order valence-corrected chi connectivity index (χ0v) is 16.5. The van der Waals surface area contributed by atoms with Gasteiger partial charge in [-0.3, -0.25) is 9.59 Å². The highest BCUT2D eigenvalue weighted by molar-refractivity contribution is 6.46. The molecule has 1 atom stereocenters. The number of aliphatic hydroxyl groups excluding tert-OH is 1. The summed E-state index contributed by atoms with van der Waals surface area (Å²) in [6.45, 7) is 0.478. The number of rotatable bonds is 7. The predicted octanol–water partition coefficient (Wildman–Crippen LogP) is 2.77. The van der Waals surface area contributed by atoms with Gasteiger partial charge in [0.15, 0.2) is 0 Å². The first kappa shape index (κ1) is 20.4. The number of hydrogen-bond acceptors (Lipinski definition) is 6. The minimum atomic E-state index is -0.734. The summed E-state index contributed by atoms with van der Waals surface area (Å²) in [7, 11) is 4.60. The van der Waals surface area contributed by atoms with Gasteiger partial charge in [-0.15, -0.1) is 0 Å². The van der Waals surface area contributed by atoms with Crippen LogP contribution in [0.15, 0.2) is 54.1 Å². The van der Waals surface area contributed by atoms with Crippen LogP contribution in [-0.2, 0) is 14.3 Å². The Morgan fingerprint density at radius 3 is 2.31 bits per heavy atom. The number of methoxy groups -OCH3 is 3. The molecule has 7 heteroatoms. The highest BCUT2D eigenvalue weighted by Gasteiger charge is 2.45. The topological polar surface area (TPSA) is 85.3 Å². The van der Waals surface area contributed by atoms with Crippen molar-refractivity contribution in [2.24, 2.45) is 0 Å². The van der Waals surface area contributed by atoms with Crippen molar-refractivity contribution in [3.63, 3.8) is 0 Å². The van der Waals surface area contributed by atoms with Gasteiger partial charge in [-0.2, -0.15) is 0 Å². The fourth-order valence-corrected chi connectivity index (χ4v) is 3.36. The monoisotopic (exact) mass is 397 g/mol. The Balaban J connectivity index is 2.14. The number of ether oxygens (including phenoxy) is 3. The third kappa shape index (κ3) is 3.95. The number of likely N-dealkylation sites (tertiary alicyclic amines) is 1. The van der Waals surface area contributed by atoms with E-state index in [1.54, 1.807) is 55.6 Å². The Kier molecular flexibility index (Phi) is 6.19. The molecule has 2 aromatic rings. The van der Waals surface area contributed by atoms with Gasteiger partial charge in [-0.25, -0.2) is 0 Å². The highest BCUT2D eigenvalue weighted by atomic mass is 16.5. The van der Waals surface area contributed by atoms with Crippen LogP contribution in [0.1, 0.15) is 17.2 Å². The molecule has 152 valence electrons. The average molecular weight is 397 g/mol. The van der Waals surface area contributed by atoms with Crippen LogP contribution in [0.5, 0.6) is 11.5 Å². The summed E-state index contributed by atoms with van der Waals surface area (Å²) in [6.07, 6.45) is 0. The van der Waals surface area contributed by atoms with Gasteiger partial charge in [0, 0.05) is 19.2 Å². The van der Waals surface area contributed by atoms with E-state index >= 15 is 0 Å². The molecule has 1 aliphatic rings. The maximum absolute atomic E-state index is 12.8. The molecule has 1 amide bonds. The van der Waals surface area contributed by atoms with E-state index in [1.165, 1.54) is 19.1 Å². The SMILES string of the molecule is COCCN1C(=O)C(=O)/C(=C(\O)c2cccc(OC)c2)C1c1ccc(OC)cc1. The molecule has 1 aliphatic heterocycles. The highest BCUT2D eigenvalue weighted by Crippen LogP contribution is 2.39. The molecule has 1 saturated heterocycles. The summed E-state index contributed by atoms with van der Waals surface area (Å²) < 4.78 is 15.5. The molecule has 0 spiro atoms. The van der Waals surface area contributed by atoms with Crippen molar-refractivity contribution in [3.8, 4) is 11.5 Å². The van der Waals surface area contributed by atoms with Gasteiger partial charge in [0.25, 0.3) is 11.7 Å². The van der Waals surface area contributed by atoms with Crippen molar-refractivity contribution < 1.29 is 28.9 Å². The zero-order valence-electron chi connectivity index (χ0n) is 16.5. The number of benzene rings is 2. The Morgan fingerprint density at radius 1 is 1.00 bits per heavy atom. The number of Topliss-reactive ketones (excluding diaryl/α,β-unsaturated/α-hetero) is 1. The van der Waals surface area contributed by atoms with Crippen LogP contribution in [-0.4, -0.2) is 56.2 Å². The lowest BCUT2D eigenvalue weighted by Gasteiger charge is -2.25. The summed E-state index contributed by atoms with van der Waals surface area (Å²) in [5.74, 6) is -0.475. The summed E-state index contributed by atoms with van der Waals surface area (Å²) >= 11 is 0. The van der Waals surface area contributed by atoms with Crippen LogP contribution >= 0.6 is 0 Å². The van der Waals surface area contributed by atoms with Gasteiger partial charge in [-0.05, 0) is 29.8 Å². The van der Waals surface area contributed by atoms with E-state index in [-0.39, 0.29) is 24.5 Å². The summed E-state index contributed by atoms with van der Waals surface area (Å²) in [4.78, 5) is 27.0.